The second-order valence-electron chi connectivity index (χ2n) is 7.14. The molecule has 0 fully saturated rings. The van der Waals surface area contributed by atoms with Gasteiger partial charge in [0.2, 0.25) is 0 Å². The van der Waals surface area contributed by atoms with Crippen LogP contribution in [0.3, 0.4) is 0 Å². The number of hydrogen-bond donors (Lipinski definition) is 1. The molecular weight excluding hydrogens is 363 g/mol. The minimum Gasteiger partial charge on any atom is -0.489 e. The summed E-state index contributed by atoms with van der Waals surface area (Å²) in [6, 6.07) is 12.4. The highest BCUT2D eigenvalue weighted by Crippen LogP contribution is 2.37. The first-order valence-corrected chi connectivity index (χ1v) is 10.7. The third kappa shape index (κ3) is 4.58. The summed E-state index contributed by atoms with van der Waals surface area (Å²) in [5.74, 6) is 0.719. The van der Waals surface area contributed by atoms with E-state index < -0.39 is 0 Å². The van der Waals surface area contributed by atoms with Crippen LogP contribution in [0.15, 0.2) is 42.6 Å². The fourth-order valence-corrected chi connectivity index (χ4v) is 4.35. The van der Waals surface area contributed by atoms with Crippen molar-refractivity contribution in [2.75, 3.05) is 5.73 Å². The molecule has 3 aromatic rings. The molecule has 144 valence electrons. The van der Waals surface area contributed by atoms with Crippen molar-refractivity contribution in [3.8, 4) is 26.8 Å². The van der Waals surface area contributed by atoms with Gasteiger partial charge >= 0.3 is 0 Å². The van der Waals surface area contributed by atoms with E-state index in [0.717, 1.165) is 41.9 Å². The fourth-order valence-electron chi connectivity index (χ4n) is 3.38. The monoisotopic (exact) mass is 390 g/mol. The molecule has 0 aliphatic heterocycles. The van der Waals surface area contributed by atoms with E-state index in [9.17, 15) is 0 Å². The molecule has 1 heterocycles. The highest BCUT2D eigenvalue weighted by atomic mass is 32.1. The van der Waals surface area contributed by atoms with Gasteiger partial charge in [-0.3, -0.25) is 0 Å². The van der Waals surface area contributed by atoms with Crippen molar-refractivity contribution >= 4 is 24.9 Å². The predicted molar refractivity (Wildman–Crippen MR) is 121 cm³/mol. The Morgan fingerprint density at radius 2 is 2.04 bits per heavy atom. The second-order valence-corrected chi connectivity index (χ2v) is 8.17. The molecule has 0 spiro atoms. The molecule has 2 radical (unpaired) electrons. The third-order valence-corrected chi connectivity index (χ3v) is 5.75. The average molecular weight is 390 g/mol. The van der Waals surface area contributed by atoms with Crippen LogP contribution in [0.2, 0.25) is 6.32 Å². The van der Waals surface area contributed by atoms with E-state index in [0.29, 0.717) is 5.69 Å². The van der Waals surface area contributed by atoms with Crippen molar-refractivity contribution in [1.29, 1.82) is 0 Å². The summed E-state index contributed by atoms with van der Waals surface area (Å²) in [5, 5.41) is 0.965. The summed E-state index contributed by atoms with van der Waals surface area (Å²) in [7, 11) is 5.71. The van der Waals surface area contributed by atoms with Gasteiger partial charge < -0.3 is 10.5 Å². The molecule has 0 atom stereocenters. The summed E-state index contributed by atoms with van der Waals surface area (Å²) in [6.45, 7) is 6.20. The van der Waals surface area contributed by atoms with Crippen molar-refractivity contribution in [2.24, 2.45) is 0 Å². The van der Waals surface area contributed by atoms with E-state index in [1.165, 1.54) is 21.6 Å². The number of benzene rings is 2. The number of aromatic nitrogens is 1. The molecule has 3 rings (SSSR count). The first-order chi connectivity index (χ1) is 13.5. The zero-order valence-corrected chi connectivity index (χ0v) is 17.7. The van der Waals surface area contributed by atoms with Crippen molar-refractivity contribution in [1.82, 2.24) is 4.98 Å². The van der Waals surface area contributed by atoms with Gasteiger partial charge in [-0.2, -0.15) is 0 Å². The Morgan fingerprint density at radius 3 is 2.71 bits per heavy atom. The van der Waals surface area contributed by atoms with Gasteiger partial charge in [0.15, 0.2) is 0 Å². The van der Waals surface area contributed by atoms with Gasteiger partial charge in [0.1, 0.15) is 10.8 Å². The van der Waals surface area contributed by atoms with Gasteiger partial charge in [-0.05, 0) is 61.6 Å². The maximum atomic E-state index is 6.18. The lowest BCUT2D eigenvalue weighted by molar-refractivity contribution is 0.244. The molecule has 1 aromatic heterocycles. The average Bonchev–Trinajstić information content (AvgIpc) is 3.17. The molecule has 0 saturated carbocycles. The first-order valence-electron chi connectivity index (χ1n) is 9.87. The third-order valence-electron chi connectivity index (χ3n) is 4.67. The zero-order valence-electron chi connectivity index (χ0n) is 16.9. The van der Waals surface area contributed by atoms with Gasteiger partial charge in [-0.15, -0.1) is 11.3 Å². The summed E-state index contributed by atoms with van der Waals surface area (Å²) in [5.41, 5.74) is 11.9. The SMILES string of the molecule is [B]CCCc1cccc(-c2cnc(-c3ccc(OC(C)C)c(N)c3)s2)c1CC. The molecule has 0 bridgehead atoms. The number of nitrogens with zero attached hydrogens (tertiary/aromatic N) is 1. The molecule has 0 aliphatic carbocycles. The van der Waals surface area contributed by atoms with E-state index in [1.54, 1.807) is 11.3 Å². The minimum absolute atomic E-state index is 0.0960. The second kappa shape index (κ2) is 9.29. The van der Waals surface area contributed by atoms with Crippen LogP contribution in [0.5, 0.6) is 5.75 Å². The molecule has 2 N–H and O–H groups in total. The largest absolute Gasteiger partial charge is 0.489 e. The zero-order chi connectivity index (χ0) is 20.1. The minimum atomic E-state index is 0.0960. The van der Waals surface area contributed by atoms with Crippen LogP contribution in [-0.4, -0.2) is 18.9 Å². The lowest BCUT2D eigenvalue weighted by Gasteiger charge is -2.12. The maximum absolute atomic E-state index is 6.18. The Balaban J connectivity index is 1.91. The van der Waals surface area contributed by atoms with Crippen LogP contribution in [0.1, 0.15) is 38.3 Å². The van der Waals surface area contributed by atoms with E-state index in [2.05, 4.69) is 30.1 Å². The quantitative estimate of drug-likeness (QED) is 0.383. The lowest BCUT2D eigenvalue weighted by atomic mass is 9.92. The Kier molecular flexibility index (Phi) is 6.79. The molecule has 5 heteroatoms. The number of thiazole rings is 1. The lowest BCUT2D eigenvalue weighted by Crippen LogP contribution is -2.07. The van der Waals surface area contributed by atoms with E-state index in [1.807, 2.05) is 38.2 Å². The standard InChI is InChI=1S/C23H27BN2OS/c1-4-18-16(8-6-12-24)7-5-9-19(18)22-14-26-23(28-22)17-10-11-21(20(25)13-17)27-15(2)3/h5,7,9-11,13-15H,4,6,8,12,25H2,1-3H3. The fraction of sp³-hybridized carbons (Fsp3) is 0.348. The Hall–Kier alpha value is -2.27. The normalized spacial score (nSPS) is 11.1. The predicted octanol–water partition coefficient (Wildman–Crippen LogP) is 5.93. The van der Waals surface area contributed by atoms with Gasteiger partial charge in [0, 0.05) is 11.8 Å². The number of nitrogens with two attached hydrogens (primary N) is 1. The first kappa shape index (κ1) is 20.5. The highest BCUT2D eigenvalue weighted by molar-refractivity contribution is 7.18. The number of hydrogen-bond acceptors (Lipinski definition) is 4. The van der Waals surface area contributed by atoms with E-state index in [-0.39, 0.29) is 6.10 Å². The molecule has 0 saturated heterocycles. The van der Waals surface area contributed by atoms with E-state index in [4.69, 9.17) is 18.3 Å². The van der Waals surface area contributed by atoms with Crippen LogP contribution in [0.25, 0.3) is 21.0 Å². The van der Waals surface area contributed by atoms with E-state index >= 15 is 0 Å². The van der Waals surface area contributed by atoms with Crippen LogP contribution >= 0.6 is 11.3 Å². The van der Waals surface area contributed by atoms with Crippen molar-refractivity contribution in [3.05, 3.63) is 53.7 Å². The Labute approximate surface area is 173 Å². The van der Waals surface area contributed by atoms with Gasteiger partial charge in [-0.1, -0.05) is 37.9 Å². The summed E-state index contributed by atoms with van der Waals surface area (Å²) >= 11 is 1.70. The Bertz CT molecular complexity index is 936. The van der Waals surface area contributed by atoms with Gasteiger partial charge in [0.05, 0.1) is 24.5 Å². The molecule has 0 amide bonds. The molecule has 3 nitrogen and oxygen atoms in total. The van der Waals surface area contributed by atoms with Crippen molar-refractivity contribution in [3.63, 3.8) is 0 Å². The summed E-state index contributed by atoms with van der Waals surface area (Å²) in [6.07, 6.45) is 5.81. The van der Waals surface area contributed by atoms with Crippen LogP contribution < -0.4 is 10.5 Å². The van der Waals surface area contributed by atoms with Gasteiger partial charge in [-0.25, -0.2) is 4.98 Å². The number of aryl methyl sites for hydroxylation is 1. The molecule has 0 unspecified atom stereocenters. The Morgan fingerprint density at radius 1 is 1.21 bits per heavy atom. The summed E-state index contributed by atoms with van der Waals surface area (Å²) < 4.78 is 5.74. The maximum Gasteiger partial charge on any atom is 0.142 e. The van der Waals surface area contributed by atoms with Crippen molar-refractivity contribution in [2.45, 2.75) is 52.5 Å². The number of ether oxygens (including phenoxy) is 1. The number of nitrogen functional groups attached to an aromatic ring is 1. The number of anilines is 1. The van der Waals surface area contributed by atoms with Crippen molar-refractivity contribution < 1.29 is 4.74 Å². The summed E-state index contributed by atoms with van der Waals surface area (Å²) in [4.78, 5) is 5.85. The van der Waals surface area contributed by atoms with Crippen LogP contribution in [0.4, 0.5) is 5.69 Å². The van der Waals surface area contributed by atoms with Crippen LogP contribution in [-0.2, 0) is 12.8 Å². The molecule has 0 aliphatic rings. The number of rotatable bonds is 8. The topological polar surface area (TPSA) is 48.1 Å². The van der Waals surface area contributed by atoms with Gasteiger partial charge in [0.25, 0.3) is 0 Å². The molecular formula is C23H27BN2OS. The van der Waals surface area contributed by atoms with Crippen LogP contribution in [0, 0.1) is 0 Å². The highest BCUT2D eigenvalue weighted by Gasteiger charge is 2.13. The molecule has 2 aromatic carbocycles. The smallest absolute Gasteiger partial charge is 0.142 e. The molecule has 28 heavy (non-hydrogen) atoms.